The molecular formula is C13H12N2O5. The number of carbonyl (C=O) groups is 2. The van der Waals surface area contributed by atoms with Gasteiger partial charge in [-0.25, -0.2) is 4.79 Å². The number of nitro benzene ring substituents is 1. The summed E-state index contributed by atoms with van der Waals surface area (Å²) in [5.41, 5.74) is 1.27. The minimum absolute atomic E-state index is 0.0596. The number of fused-ring (bicyclic) bond motifs is 1. The van der Waals surface area contributed by atoms with E-state index in [4.69, 9.17) is 5.11 Å². The Hall–Kier alpha value is -2.70. The average Bonchev–Trinajstić information content (AvgIpc) is 2.70. The third-order valence-electron chi connectivity index (χ3n) is 3.12. The summed E-state index contributed by atoms with van der Waals surface area (Å²) in [4.78, 5) is 34.2. The lowest BCUT2D eigenvalue weighted by Gasteiger charge is -2.15. The molecule has 104 valence electrons. The Morgan fingerprint density at radius 1 is 1.55 bits per heavy atom. The number of amides is 1. The van der Waals surface area contributed by atoms with Gasteiger partial charge < -0.3 is 10.0 Å². The quantitative estimate of drug-likeness (QED) is 0.510. The number of hydrogen-bond donors (Lipinski definition) is 1. The summed E-state index contributed by atoms with van der Waals surface area (Å²) < 4.78 is 0. The first-order chi connectivity index (χ1) is 9.40. The van der Waals surface area contributed by atoms with E-state index < -0.39 is 10.9 Å². The zero-order valence-corrected chi connectivity index (χ0v) is 10.7. The second kappa shape index (κ2) is 5.12. The summed E-state index contributed by atoms with van der Waals surface area (Å²) in [6.07, 6.45) is 1.54. The molecule has 1 N–H and O–H groups in total. The molecule has 2 rings (SSSR count). The summed E-state index contributed by atoms with van der Waals surface area (Å²) in [6, 6.07) is 4.22. The zero-order chi connectivity index (χ0) is 14.9. The third kappa shape index (κ3) is 2.51. The maximum absolute atomic E-state index is 11.9. The van der Waals surface area contributed by atoms with E-state index in [2.05, 4.69) is 0 Å². The Labute approximate surface area is 114 Å². The van der Waals surface area contributed by atoms with Crippen molar-refractivity contribution in [3.63, 3.8) is 0 Å². The fourth-order valence-corrected chi connectivity index (χ4v) is 2.00. The largest absolute Gasteiger partial charge is 0.478 e. The molecule has 7 nitrogen and oxygen atoms in total. The van der Waals surface area contributed by atoms with E-state index in [-0.39, 0.29) is 30.1 Å². The highest BCUT2D eigenvalue weighted by molar-refractivity contribution is 6.02. The monoisotopic (exact) mass is 276 g/mol. The second-order valence-corrected chi connectivity index (χ2v) is 4.44. The lowest BCUT2D eigenvalue weighted by molar-refractivity contribution is -0.384. The number of benzene rings is 1. The molecule has 1 aliphatic heterocycles. The van der Waals surface area contributed by atoms with E-state index in [0.29, 0.717) is 11.3 Å². The molecule has 0 unspecified atom stereocenters. The Balaban J connectivity index is 2.27. The highest BCUT2D eigenvalue weighted by Crippen LogP contribution is 2.31. The number of carboxylic acid groups (broad SMARTS) is 1. The van der Waals surface area contributed by atoms with Crippen LogP contribution in [0.15, 0.2) is 29.8 Å². The van der Waals surface area contributed by atoms with Crippen molar-refractivity contribution < 1.29 is 19.6 Å². The van der Waals surface area contributed by atoms with Crippen molar-refractivity contribution in [2.75, 3.05) is 11.4 Å². The summed E-state index contributed by atoms with van der Waals surface area (Å²) in [5.74, 6) is -1.24. The van der Waals surface area contributed by atoms with Gasteiger partial charge in [0.05, 0.1) is 11.3 Å². The van der Waals surface area contributed by atoms with Crippen molar-refractivity contribution in [3.8, 4) is 0 Å². The van der Waals surface area contributed by atoms with Crippen LogP contribution in [0.3, 0.4) is 0 Å². The minimum Gasteiger partial charge on any atom is -0.478 e. The van der Waals surface area contributed by atoms with Crippen LogP contribution in [0.5, 0.6) is 0 Å². The van der Waals surface area contributed by atoms with Gasteiger partial charge in [-0.2, -0.15) is 0 Å². The maximum atomic E-state index is 11.9. The number of non-ortho nitro benzene ring substituents is 1. The molecule has 0 aliphatic carbocycles. The number of carbonyl (C=O) groups excluding carboxylic acids is 1. The summed E-state index contributed by atoms with van der Waals surface area (Å²) in [5, 5.41) is 19.5. The normalized spacial score (nSPS) is 14.3. The standard InChI is InChI=1S/C13H12N2O5/c1-8(13(17)18)4-5-14-11-3-2-10(15(19)20)6-9(11)7-12(14)16/h2-4,6H,5,7H2,1H3,(H,17,18). The molecule has 1 aliphatic rings. The fraction of sp³-hybridized carbons (Fsp3) is 0.231. The minimum atomic E-state index is -1.04. The summed E-state index contributed by atoms with van der Waals surface area (Å²) in [6.45, 7) is 1.58. The van der Waals surface area contributed by atoms with Gasteiger partial charge in [0.25, 0.3) is 5.69 Å². The van der Waals surface area contributed by atoms with Gasteiger partial charge in [0.1, 0.15) is 0 Å². The number of nitro groups is 1. The Morgan fingerprint density at radius 2 is 2.25 bits per heavy atom. The smallest absolute Gasteiger partial charge is 0.331 e. The third-order valence-corrected chi connectivity index (χ3v) is 3.12. The van der Waals surface area contributed by atoms with Crippen LogP contribution in [0.4, 0.5) is 11.4 Å². The first-order valence-corrected chi connectivity index (χ1v) is 5.88. The van der Waals surface area contributed by atoms with Gasteiger partial charge in [0.15, 0.2) is 0 Å². The molecule has 0 aromatic heterocycles. The van der Waals surface area contributed by atoms with E-state index in [1.807, 2.05) is 0 Å². The first-order valence-electron chi connectivity index (χ1n) is 5.88. The van der Waals surface area contributed by atoms with Gasteiger partial charge in [-0.15, -0.1) is 0 Å². The Bertz CT molecular complexity index is 636. The predicted octanol–water partition coefficient (Wildman–Crippen LogP) is 1.51. The van der Waals surface area contributed by atoms with Crippen LogP contribution in [0.2, 0.25) is 0 Å². The zero-order valence-electron chi connectivity index (χ0n) is 10.7. The number of anilines is 1. The highest BCUT2D eigenvalue weighted by atomic mass is 16.6. The van der Waals surface area contributed by atoms with Crippen LogP contribution >= 0.6 is 0 Å². The second-order valence-electron chi connectivity index (χ2n) is 4.44. The van der Waals surface area contributed by atoms with E-state index >= 15 is 0 Å². The Kier molecular flexibility index (Phi) is 3.51. The van der Waals surface area contributed by atoms with E-state index in [1.165, 1.54) is 36.1 Å². The number of nitrogens with zero attached hydrogens (tertiary/aromatic N) is 2. The van der Waals surface area contributed by atoms with Crippen LogP contribution in [0.1, 0.15) is 12.5 Å². The number of carboxylic acids is 1. The van der Waals surface area contributed by atoms with Gasteiger partial charge in [-0.05, 0) is 18.6 Å². The van der Waals surface area contributed by atoms with Gasteiger partial charge in [-0.3, -0.25) is 14.9 Å². The van der Waals surface area contributed by atoms with E-state index in [1.54, 1.807) is 0 Å². The molecule has 1 heterocycles. The molecule has 1 aromatic rings. The molecule has 0 fully saturated rings. The van der Waals surface area contributed by atoms with Gasteiger partial charge in [0, 0.05) is 29.9 Å². The van der Waals surface area contributed by atoms with Crippen molar-refractivity contribution in [2.24, 2.45) is 0 Å². The molecule has 0 spiro atoms. The van der Waals surface area contributed by atoms with Crippen LogP contribution < -0.4 is 4.90 Å². The molecule has 0 radical (unpaired) electrons. The van der Waals surface area contributed by atoms with Crippen molar-refractivity contribution >= 4 is 23.3 Å². The maximum Gasteiger partial charge on any atom is 0.331 e. The molecule has 1 amide bonds. The number of hydrogen-bond acceptors (Lipinski definition) is 4. The van der Waals surface area contributed by atoms with Crippen molar-refractivity contribution in [2.45, 2.75) is 13.3 Å². The molecule has 20 heavy (non-hydrogen) atoms. The fourth-order valence-electron chi connectivity index (χ4n) is 2.00. The van der Waals surface area contributed by atoms with Crippen molar-refractivity contribution in [1.29, 1.82) is 0 Å². The van der Waals surface area contributed by atoms with Gasteiger partial charge in [-0.1, -0.05) is 6.08 Å². The molecule has 7 heteroatoms. The highest BCUT2D eigenvalue weighted by Gasteiger charge is 2.28. The molecule has 0 bridgehead atoms. The van der Waals surface area contributed by atoms with E-state index in [0.717, 1.165) is 0 Å². The molecular weight excluding hydrogens is 264 g/mol. The summed E-state index contributed by atoms with van der Waals surface area (Å²) >= 11 is 0. The molecule has 0 atom stereocenters. The average molecular weight is 276 g/mol. The van der Waals surface area contributed by atoms with Crippen LogP contribution in [0, 0.1) is 10.1 Å². The van der Waals surface area contributed by atoms with E-state index in [9.17, 15) is 19.7 Å². The number of aliphatic carboxylic acids is 1. The SMILES string of the molecule is CC(=CCN1C(=O)Cc2cc([N+](=O)[O-])ccc21)C(=O)O. The predicted molar refractivity (Wildman–Crippen MR) is 70.5 cm³/mol. The van der Waals surface area contributed by atoms with Crippen LogP contribution in [-0.2, 0) is 16.0 Å². The van der Waals surface area contributed by atoms with Crippen molar-refractivity contribution in [3.05, 3.63) is 45.5 Å². The topological polar surface area (TPSA) is 101 Å². The van der Waals surface area contributed by atoms with Gasteiger partial charge >= 0.3 is 5.97 Å². The van der Waals surface area contributed by atoms with Gasteiger partial charge in [0.2, 0.25) is 5.91 Å². The molecule has 0 saturated heterocycles. The van der Waals surface area contributed by atoms with Crippen LogP contribution in [-0.4, -0.2) is 28.5 Å². The molecule has 1 aromatic carbocycles. The lowest BCUT2D eigenvalue weighted by Crippen LogP contribution is -2.27. The lowest BCUT2D eigenvalue weighted by atomic mass is 10.1. The first kappa shape index (κ1) is 13.7. The molecule has 0 saturated carbocycles. The Morgan fingerprint density at radius 3 is 2.85 bits per heavy atom. The summed E-state index contributed by atoms with van der Waals surface area (Å²) in [7, 11) is 0. The van der Waals surface area contributed by atoms with Crippen LogP contribution in [0.25, 0.3) is 0 Å². The van der Waals surface area contributed by atoms with Crippen molar-refractivity contribution in [1.82, 2.24) is 0 Å². The number of rotatable bonds is 4.